The molecule has 2 aromatic carbocycles. The lowest BCUT2D eigenvalue weighted by molar-refractivity contribution is -0.384. The van der Waals surface area contributed by atoms with Gasteiger partial charge in [0.25, 0.3) is 11.6 Å². The summed E-state index contributed by atoms with van der Waals surface area (Å²) in [5.74, 6) is 0.186. The van der Waals surface area contributed by atoms with Crippen LogP contribution in [0.15, 0.2) is 53.6 Å². The fourth-order valence-electron chi connectivity index (χ4n) is 1.94. The average molecular weight is 327 g/mol. The van der Waals surface area contributed by atoms with Gasteiger partial charge in [0.1, 0.15) is 5.75 Å². The number of hydrazone groups is 1. The highest BCUT2D eigenvalue weighted by Gasteiger charge is 2.08. The fourth-order valence-corrected chi connectivity index (χ4v) is 1.94. The molecule has 0 aliphatic rings. The Kier molecular flexibility index (Phi) is 5.62. The summed E-state index contributed by atoms with van der Waals surface area (Å²) in [7, 11) is 0. The standard InChI is InChI=1S/C17H17N3O4/c1-12-5-3-8-16(9-12)24-11-17(21)19-18-13(2)14-6-4-7-15(10-14)20(22)23/h3-10H,11H2,1-2H3,(H,19,21). The lowest BCUT2D eigenvalue weighted by atomic mass is 10.1. The monoisotopic (exact) mass is 327 g/mol. The number of hydrogen-bond donors (Lipinski definition) is 1. The summed E-state index contributed by atoms with van der Waals surface area (Å²) < 4.78 is 5.37. The summed E-state index contributed by atoms with van der Waals surface area (Å²) in [6.07, 6.45) is 0. The molecule has 0 heterocycles. The number of carbonyl (C=O) groups is 1. The molecule has 0 atom stereocenters. The lowest BCUT2D eigenvalue weighted by Gasteiger charge is -2.06. The van der Waals surface area contributed by atoms with E-state index in [0.29, 0.717) is 17.0 Å². The molecule has 7 heteroatoms. The molecule has 1 amide bonds. The first kappa shape index (κ1) is 17.1. The SMILES string of the molecule is CC(=NNC(=O)COc1cccc(C)c1)c1cccc([N+](=O)[O-])c1. The topological polar surface area (TPSA) is 93.8 Å². The van der Waals surface area contributed by atoms with E-state index in [1.54, 1.807) is 25.1 Å². The summed E-state index contributed by atoms with van der Waals surface area (Å²) in [6.45, 7) is 3.41. The number of benzene rings is 2. The molecule has 0 aliphatic carbocycles. The average Bonchev–Trinajstić information content (AvgIpc) is 2.58. The van der Waals surface area contributed by atoms with Gasteiger partial charge in [0.2, 0.25) is 0 Å². The summed E-state index contributed by atoms with van der Waals surface area (Å²) in [6, 6.07) is 13.4. The quantitative estimate of drug-likeness (QED) is 0.501. The van der Waals surface area contributed by atoms with Crippen molar-refractivity contribution in [1.29, 1.82) is 0 Å². The van der Waals surface area contributed by atoms with Gasteiger partial charge in [0.15, 0.2) is 6.61 Å². The molecule has 0 bridgehead atoms. The summed E-state index contributed by atoms with van der Waals surface area (Å²) in [5, 5.41) is 14.7. The van der Waals surface area contributed by atoms with Crippen molar-refractivity contribution in [3.8, 4) is 5.75 Å². The van der Waals surface area contributed by atoms with Crippen molar-refractivity contribution >= 4 is 17.3 Å². The zero-order valence-electron chi connectivity index (χ0n) is 13.4. The third-order valence-corrected chi connectivity index (χ3v) is 3.18. The van der Waals surface area contributed by atoms with Gasteiger partial charge in [0, 0.05) is 17.7 Å². The first-order chi connectivity index (χ1) is 11.5. The van der Waals surface area contributed by atoms with Gasteiger partial charge in [-0.2, -0.15) is 5.10 Å². The Hall–Kier alpha value is -3.22. The van der Waals surface area contributed by atoms with Gasteiger partial charge < -0.3 is 4.74 Å². The van der Waals surface area contributed by atoms with E-state index in [1.807, 2.05) is 25.1 Å². The second-order valence-electron chi connectivity index (χ2n) is 5.14. The van der Waals surface area contributed by atoms with Gasteiger partial charge in [-0.1, -0.05) is 24.3 Å². The van der Waals surface area contributed by atoms with E-state index in [1.165, 1.54) is 12.1 Å². The Labute approximate surface area is 139 Å². The first-order valence-electron chi connectivity index (χ1n) is 7.23. The highest BCUT2D eigenvalue weighted by molar-refractivity contribution is 5.99. The number of hydrogen-bond acceptors (Lipinski definition) is 5. The number of nitro benzene ring substituents is 1. The van der Waals surface area contributed by atoms with Crippen molar-refractivity contribution in [2.75, 3.05) is 6.61 Å². The van der Waals surface area contributed by atoms with Crippen LogP contribution in [0, 0.1) is 17.0 Å². The largest absolute Gasteiger partial charge is 0.484 e. The second kappa shape index (κ2) is 7.87. The molecule has 2 aromatic rings. The Morgan fingerprint density at radius 2 is 2.00 bits per heavy atom. The van der Waals surface area contributed by atoms with E-state index in [-0.39, 0.29) is 12.3 Å². The van der Waals surface area contributed by atoms with E-state index in [9.17, 15) is 14.9 Å². The molecule has 0 unspecified atom stereocenters. The number of amides is 1. The number of nitrogens with zero attached hydrogens (tertiary/aromatic N) is 2. The van der Waals surface area contributed by atoms with Gasteiger partial charge in [-0.05, 0) is 31.5 Å². The fraction of sp³-hybridized carbons (Fsp3) is 0.176. The van der Waals surface area contributed by atoms with Gasteiger partial charge in [0.05, 0.1) is 10.6 Å². The summed E-state index contributed by atoms with van der Waals surface area (Å²) >= 11 is 0. The van der Waals surface area contributed by atoms with Crippen molar-refractivity contribution < 1.29 is 14.5 Å². The highest BCUT2D eigenvalue weighted by atomic mass is 16.6. The zero-order valence-corrected chi connectivity index (χ0v) is 13.4. The second-order valence-corrected chi connectivity index (χ2v) is 5.14. The van der Waals surface area contributed by atoms with Crippen LogP contribution in [0.4, 0.5) is 5.69 Å². The number of ether oxygens (including phenoxy) is 1. The number of rotatable bonds is 6. The normalized spacial score (nSPS) is 11.0. The van der Waals surface area contributed by atoms with E-state index in [4.69, 9.17) is 4.74 Å². The molecule has 2 rings (SSSR count). The Bertz CT molecular complexity index is 787. The molecular weight excluding hydrogens is 310 g/mol. The van der Waals surface area contributed by atoms with Crippen LogP contribution in [-0.4, -0.2) is 23.1 Å². The van der Waals surface area contributed by atoms with E-state index >= 15 is 0 Å². The van der Waals surface area contributed by atoms with Crippen LogP contribution in [0.5, 0.6) is 5.75 Å². The molecule has 1 N–H and O–H groups in total. The number of carbonyl (C=O) groups excluding carboxylic acids is 1. The van der Waals surface area contributed by atoms with Crippen LogP contribution in [0.3, 0.4) is 0 Å². The molecule has 7 nitrogen and oxygen atoms in total. The third-order valence-electron chi connectivity index (χ3n) is 3.18. The molecule has 0 saturated carbocycles. The molecule has 0 fully saturated rings. The maximum absolute atomic E-state index is 11.8. The van der Waals surface area contributed by atoms with Gasteiger partial charge >= 0.3 is 0 Å². The van der Waals surface area contributed by atoms with E-state index < -0.39 is 10.8 Å². The maximum Gasteiger partial charge on any atom is 0.277 e. The molecule has 0 aromatic heterocycles. The van der Waals surface area contributed by atoms with Crippen LogP contribution < -0.4 is 10.2 Å². The summed E-state index contributed by atoms with van der Waals surface area (Å²) in [4.78, 5) is 22.0. The van der Waals surface area contributed by atoms with Gasteiger partial charge in [-0.25, -0.2) is 5.43 Å². The van der Waals surface area contributed by atoms with Crippen LogP contribution >= 0.6 is 0 Å². The van der Waals surface area contributed by atoms with Crippen molar-refractivity contribution in [2.24, 2.45) is 5.10 Å². The molecule has 0 aliphatic heterocycles. The van der Waals surface area contributed by atoms with E-state index in [2.05, 4.69) is 10.5 Å². The van der Waals surface area contributed by atoms with Gasteiger partial charge in [-0.15, -0.1) is 0 Å². The van der Waals surface area contributed by atoms with Crippen molar-refractivity contribution in [1.82, 2.24) is 5.43 Å². The van der Waals surface area contributed by atoms with Crippen molar-refractivity contribution in [2.45, 2.75) is 13.8 Å². The minimum atomic E-state index is -0.481. The predicted molar refractivity (Wildman–Crippen MR) is 90.1 cm³/mol. The minimum absolute atomic E-state index is 0.0313. The number of aryl methyl sites for hydroxylation is 1. The third kappa shape index (κ3) is 4.91. The van der Waals surface area contributed by atoms with Crippen molar-refractivity contribution in [3.63, 3.8) is 0 Å². The molecule has 24 heavy (non-hydrogen) atoms. The minimum Gasteiger partial charge on any atom is -0.484 e. The highest BCUT2D eigenvalue weighted by Crippen LogP contribution is 2.14. The lowest BCUT2D eigenvalue weighted by Crippen LogP contribution is -2.25. The van der Waals surface area contributed by atoms with Crippen molar-refractivity contribution in [3.05, 3.63) is 69.8 Å². The Morgan fingerprint density at radius 3 is 2.71 bits per heavy atom. The summed E-state index contributed by atoms with van der Waals surface area (Å²) in [5.41, 5.74) is 4.39. The molecule has 0 radical (unpaired) electrons. The maximum atomic E-state index is 11.8. The Balaban J connectivity index is 1.93. The number of nitrogens with one attached hydrogen (secondary N) is 1. The van der Waals surface area contributed by atoms with Crippen LogP contribution in [0.25, 0.3) is 0 Å². The molecule has 124 valence electrons. The zero-order chi connectivity index (χ0) is 17.5. The number of nitro groups is 1. The van der Waals surface area contributed by atoms with E-state index in [0.717, 1.165) is 5.56 Å². The molecule has 0 saturated heterocycles. The smallest absolute Gasteiger partial charge is 0.277 e. The van der Waals surface area contributed by atoms with Crippen LogP contribution in [-0.2, 0) is 4.79 Å². The molecular formula is C17H17N3O4. The first-order valence-corrected chi connectivity index (χ1v) is 7.23. The predicted octanol–water partition coefficient (Wildman–Crippen LogP) is 2.82. The number of non-ortho nitro benzene ring substituents is 1. The van der Waals surface area contributed by atoms with Gasteiger partial charge in [-0.3, -0.25) is 14.9 Å². The van der Waals surface area contributed by atoms with Crippen LogP contribution in [0.1, 0.15) is 18.1 Å². The van der Waals surface area contributed by atoms with Crippen LogP contribution in [0.2, 0.25) is 0 Å². The molecule has 0 spiro atoms. The Morgan fingerprint density at radius 1 is 1.25 bits per heavy atom.